The van der Waals surface area contributed by atoms with Crippen molar-refractivity contribution in [1.82, 2.24) is 10.6 Å². The van der Waals surface area contributed by atoms with Crippen LogP contribution in [0.4, 0.5) is 5.69 Å². The average molecular weight is 508 g/mol. The van der Waals surface area contributed by atoms with Crippen molar-refractivity contribution in [3.63, 3.8) is 0 Å². The maximum Gasteiger partial charge on any atom is 0.291 e. The third kappa shape index (κ3) is 7.56. The van der Waals surface area contributed by atoms with Crippen molar-refractivity contribution in [2.75, 3.05) is 18.9 Å². The Morgan fingerprint density at radius 1 is 1.14 bits per heavy atom. The molecule has 29 heavy (non-hydrogen) atoms. The number of furan rings is 1. The van der Waals surface area contributed by atoms with Gasteiger partial charge < -0.3 is 20.4 Å². The van der Waals surface area contributed by atoms with Crippen molar-refractivity contribution >= 4 is 41.5 Å². The number of nitrogens with one attached hydrogen (secondary N) is 3. The molecule has 0 atom stereocenters. The lowest BCUT2D eigenvalue weighted by Gasteiger charge is -2.15. The summed E-state index contributed by atoms with van der Waals surface area (Å²) >= 11 is 0. The Hall–Kier alpha value is -2.29. The normalized spacial score (nSPS) is 13.8. The molecule has 0 spiro atoms. The summed E-state index contributed by atoms with van der Waals surface area (Å²) in [6, 6.07) is 11.0. The Balaban J connectivity index is 0.00000300. The minimum atomic E-state index is -0.256. The molecule has 7 heteroatoms. The molecule has 1 heterocycles. The van der Waals surface area contributed by atoms with E-state index < -0.39 is 0 Å². The lowest BCUT2D eigenvalue weighted by Crippen LogP contribution is -2.37. The number of carbonyl (C=O) groups is 1. The van der Waals surface area contributed by atoms with Crippen molar-refractivity contribution in [1.29, 1.82) is 0 Å². The summed E-state index contributed by atoms with van der Waals surface area (Å²) in [5.74, 6) is 0.838. The molecule has 0 unspecified atom stereocenters. The molecule has 0 saturated heterocycles. The molecule has 2 aromatic rings. The Morgan fingerprint density at radius 3 is 2.62 bits per heavy atom. The molecule has 0 saturated carbocycles. The number of rotatable bonds is 7. The van der Waals surface area contributed by atoms with Crippen molar-refractivity contribution in [3.8, 4) is 0 Å². The number of hydrogen-bond donors (Lipinski definition) is 3. The highest BCUT2D eigenvalue weighted by Crippen LogP contribution is 2.19. The molecule has 1 aromatic heterocycles. The molecule has 1 amide bonds. The molecular weight excluding hydrogens is 479 g/mol. The zero-order valence-electron chi connectivity index (χ0n) is 16.7. The highest BCUT2D eigenvalue weighted by molar-refractivity contribution is 14.0. The second-order valence-corrected chi connectivity index (χ2v) is 6.84. The van der Waals surface area contributed by atoms with Crippen molar-refractivity contribution in [2.24, 2.45) is 4.99 Å². The molecule has 3 rings (SSSR count). The third-order valence-corrected chi connectivity index (χ3v) is 4.76. The second-order valence-electron chi connectivity index (χ2n) is 6.84. The molecular formula is C22H29IN4O2. The summed E-state index contributed by atoms with van der Waals surface area (Å²) in [5, 5.41) is 9.51. The van der Waals surface area contributed by atoms with Crippen LogP contribution in [0.3, 0.4) is 0 Å². The Bertz CT molecular complexity index is 814. The van der Waals surface area contributed by atoms with Crippen LogP contribution in [0.15, 0.2) is 63.7 Å². The molecule has 6 nitrogen and oxygen atoms in total. The summed E-state index contributed by atoms with van der Waals surface area (Å²) in [7, 11) is 1.78. The van der Waals surface area contributed by atoms with Crippen molar-refractivity contribution in [3.05, 3.63) is 65.6 Å². The van der Waals surface area contributed by atoms with Crippen molar-refractivity contribution < 1.29 is 9.21 Å². The molecule has 0 fully saturated rings. The number of nitrogens with zero attached hydrogens (tertiary/aromatic N) is 1. The number of amides is 1. The lowest BCUT2D eigenvalue weighted by molar-refractivity contribution is 0.0996. The van der Waals surface area contributed by atoms with Crippen LogP contribution in [0, 0.1) is 0 Å². The van der Waals surface area contributed by atoms with Gasteiger partial charge >= 0.3 is 0 Å². The number of allylic oxidation sites excluding steroid dienone is 1. The van der Waals surface area contributed by atoms with Crippen LogP contribution >= 0.6 is 24.0 Å². The van der Waals surface area contributed by atoms with Crippen molar-refractivity contribution in [2.45, 2.75) is 38.6 Å². The van der Waals surface area contributed by atoms with E-state index >= 15 is 0 Å². The zero-order chi connectivity index (χ0) is 19.6. The molecule has 1 aromatic carbocycles. The zero-order valence-corrected chi connectivity index (χ0v) is 19.1. The molecule has 1 aliphatic carbocycles. The van der Waals surface area contributed by atoms with E-state index in [1.807, 2.05) is 24.3 Å². The fraction of sp³-hybridized carbons (Fsp3) is 0.364. The van der Waals surface area contributed by atoms with Gasteiger partial charge in [0.15, 0.2) is 11.7 Å². The van der Waals surface area contributed by atoms with Gasteiger partial charge in [0.2, 0.25) is 0 Å². The van der Waals surface area contributed by atoms with E-state index in [-0.39, 0.29) is 29.9 Å². The highest BCUT2D eigenvalue weighted by atomic mass is 127. The maximum absolute atomic E-state index is 12.0. The average Bonchev–Trinajstić information content (AvgIpc) is 3.27. The monoisotopic (exact) mass is 508 g/mol. The van der Waals surface area contributed by atoms with Gasteiger partial charge in [-0.2, -0.15) is 0 Å². The number of benzene rings is 1. The molecule has 3 N–H and O–H groups in total. The van der Waals surface area contributed by atoms with Crippen LogP contribution in [0.5, 0.6) is 0 Å². The van der Waals surface area contributed by atoms with Gasteiger partial charge in [-0.3, -0.25) is 9.79 Å². The van der Waals surface area contributed by atoms with E-state index in [4.69, 9.17) is 4.42 Å². The largest absolute Gasteiger partial charge is 0.459 e. The molecule has 0 aliphatic heterocycles. The van der Waals surface area contributed by atoms with Crippen LogP contribution < -0.4 is 16.0 Å². The lowest BCUT2D eigenvalue weighted by atomic mass is 9.97. The maximum atomic E-state index is 12.0. The molecule has 0 bridgehead atoms. The van der Waals surface area contributed by atoms with E-state index in [0.717, 1.165) is 30.2 Å². The summed E-state index contributed by atoms with van der Waals surface area (Å²) in [6.07, 6.45) is 10.0. The van der Waals surface area contributed by atoms with Crippen LogP contribution in [0.25, 0.3) is 0 Å². The van der Waals surface area contributed by atoms with E-state index in [1.165, 1.54) is 31.9 Å². The Labute approximate surface area is 189 Å². The van der Waals surface area contributed by atoms with Gasteiger partial charge in [0.05, 0.1) is 6.26 Å². The van der Waals surface area contributed by atoms with E-state index in [1.54, 1.807) is 24.8 Å². The van der Waals surface area contributed by atoms with Crippen LogP contribution in [0.1, 0.15) is 48.2 Å². The first-order valence-corrected chi connectivity index (χ1v) is 9.81. The predicted octanol–water partition coefficient (Wildman–Crippen LogP) is 4.71. The number of hydrogen-bond acceptors (Lipinski definition) is 3. The first-order valence-electron chi connectivity index (χ1n) is 9.81. The number of halogens is 1. The van der Waals surface area contributed by atoms with Gasteiger partial charge in [0.1, 0.15) is 0 Å². The minimum Gasteiger partial charge on any atom is -0.459 e. The topological polar surface area (TPSA) is 78.7 Å². The smallest absolute Gasteiger partial charge is 0.291 e. The minimum absolute atomic E-state index is 0. The standard InChI is InChI=1S/C22H28N4O2.HI/c1-23-22(24-14-13-17-6-3-2-4-7-17)25-16-18-9-11-19(12-10-18)26-21(27)20-8-5-15-28-20;/h5-6,8-12,15H,2-4,7,13-14,16H2,1H3,(H,26,27)(H2,23,24,25);1H. The van der Waals surface area contributed by atoms with Crippen LogP contribution in [0.2, 0.25) is 0 Å². The summed E-state index contributed by atoms with van der Waals surface area (Å²) in [4.78, 5) is 16.3. The fourth-order valence-corrected chi connectivity index (χ4v) is 3.19. The van der Waals surface area contributed by atoms with E-state index in [2.05, 4.69) is 27.0 Å². The van der Waals surface area contributed by atoms with E-state index in [0.29, 0.717) is 12.3 Å². The van der Waals surface area contributed by atoms with Crippen LogP contribution in [-0.4, -0.2) is 25.5 Å². The highest BCUT2D eigenvalue weighted by Gasteiger charge is 2.08. The summed E-state index contributed by atoms with van der Waals surface area (Å²) < 4.78 is 5.09. The number of aliphatic imine (C=N–C) groups is 1. The molecule has 0 radical (unpaired) electrons. The number of anilines is 1. The van der Waals surface area contributed by atoms with Gasteiger partial charge in [-0.25, -0.2) is 0 Å². The first-order chi connectivity index (χ1) is 13.7. The summed E-state index contributed by atoms with van der Waals surface area (Å²) in [5.41, 5.74) is 3.39. The van der Waals surface area contributed by atoms with Gasteiger partial charge in [-0.15, -0.1) is 24.0 Å². The fourth-order valence-electron chi connectivity index (χ4n) is 3.19. The molecule has 1 aliphatic rings. The summed E-state index contributed by atoms with van der Waals surface area (Å²) in [6.45, 7) is 1.55. The van der Waals surface area contributed by atoms with Gasteiger partial charge in [-0.1, -0.05) is 23.8 Å². The third-order valence-electron chi connectivity index (χ3n) is 4.76. The number of carbonyl (C=O) groups excluding carboxylic acids is 1. The quantitative estimate of drug-likeness (QED) is 0.219. The number of guanidine groups is 1. The Kier molecular flexibility index (Phi) is 9.76. The first kappa shape index (κ1) is 23.0. The SMILES string of the molecule is CN=C(NCCC1=CCCCC1)NCc1ccc(NC(=O)c2ccco2)cc1.I. The Morgan fingerprint density at radius 2 is 1.97 bits per heavy atom. The second kappa shape index (κ2) is 12.3. The van der Waals surface area contributed by atoms with Gasteiger partial charge in [0.25, 0.3) is 5.91 Å². The molecule has 156 valence electrons. The van der Waals surface area contributed by atoms with Gasteiger partial charge in [-0.05, 0) is 61.9 Å². The van der Waals surface area contributed by atoms with E-state index in [9.17, 15) is 4.79 Å². The predicted molar refractivity (Wildman–Crippen MR) is 128 cm³/mol. The van der Waals surface area contributed by atoms with Crippen LogP contribution in [-0.2, 0) is 6.54 Å². The van der Waals surface area contributed by atoms with Gasteiger partial charge in [0, 0.05) is 25.8 Å².